The molecule has 0 fully saturated rings. The Morgan fingerprint density at radius 1 is 1.62 bits per heavy atom. The van der Waals surface area contributed by atoms with Gasteiger partial charge in [0.15, 0.2) is 0 Å². The topological polar surface area (TPSA) is 87.7 Å². The van der Waals surface area contributed by atoms with E-state index < -0.39 is 0 Å². The molecule has 0 aliphatic rings. The van der Waals surface area contributed by atoms with Crippen molar-refractivity contribution in [3.05, 3.63) is 0 Å². The molecule has 5 heteroatoms. The number of amidine groups is 1. The quantitative estimate of drug-likeness (QED) is 0.258. The highest BCUT2D eigenvalue weighted by atomic mass is 16.4. The summed E-state index contributed by atoms with van der Waals surface area (Å²) in [6.07, 6.45) is 0.759. The Hall–Kier alpha value is -1.26. The molecule has 0 spiro atoms. The van der Waals surface area contributed by atoms with Crippen LogP contribution in [0.5, 0.6) is 0 Å². The van der Waals surface area contributed by atoms with Gasteiger partial charge in [-0.1, -0.05) is 12.1 Å². The van der Waals surface area contributed by atoms with Gasteiger partial charge in [0.1, 0.15) is 5.84 Å². The van der Waals surface area contributed by atoms with Crippen LogP contribution in [0.4, 0.5) is 0 Å². The molecule has 0 radical (unpaired) electrons. The molecule has 0 atom stereocenters. The summed E-state index contributed by atoms with van der Waals surface area (Å²) in [6, 6.07) is 0. The molecular weight excluding hydrogens is 170 g/mol. The fraction of sp³-hybridized carbons (Fsp3) is 0.750. The van der Waals surface area contributed by atoms with Gasteiger partial charge in [-0.3, -0.25) is 4.79 Å². The van der Waals surface area contributed by atoms with Crippen molar-refractivity contribution in [1.82, 2.24) is 5.32 Å². The van der Waals surface area contributed by atoms with E-state index in [0.29, 0.717) is 0 Å². The lowest BCUT2D eigenvalue weighted by Gasteiger charge is -2.24. The number of nitrogens with zero attached hydrogens (tertiary/aromatic N) is 1. The van der Waals surface area contributed by atoms with Crippen LogP contribution in [0.2, 0.25) is 0 Å². The summed E-state index contributed by atoms with van der Waals surface area (Å²) in [4.78, 5) is 11.2. The van der Waals surface area contributed by atoms with E-state index in [2.05, 4.69) is 10.5 Å². The number of oxime groups is 1. The minimum Gasteiger partial charge on any atom is -0.409 e. The van der Waals surface area contributed by atoms with E-state index in [4.69, 9.17) is 10.9 Å². The smallest absolute Gasteiger partial charge is 0.228 e. The predicted octanol–water partition coefficient (Wildman–Crippen LogP) is 0.428. The Bertz CT molecular complexity index is 211. The van der Waals surface area contributed by atoms with Crippen LogP contribution in [-0.4, -0.2) is 22.5 Å². The lowest BCUT2D eigenvalue weighted by molar-refractivity contribution is -0.121. The second kappa shape index (κ2) is 4.69. The van der Waals surface area contributed by atoms with Crippen molar-refractivity contribution < 1.29 is 10.0 Å². The van der Waals surface area contributed by atoms with E-state index >= 15 is 0 Å². The lowest BCUT2D eigenvalue weighted by Crippen LogP contribution is -2.44. The third-order valence-electron chi connectivity index (χ3n) is 1.83. The standard InChI is InChI=1S/C8H17N3O2/c1-4-8(2,3)10-7(12)5-6(9)11-13/h13H,4-5H2,1-3H3,(H2,9,11)(H,10,12). The van der Waals surface area contributed by atoms with Crippen LogP contribution in [0, 0.1) is 0 Å². The second-order valence-electron chi connectivity index (χ2n) is 3.55. The summed E-state index contributed by atoms with van der Waals surface area (Å²) in [5.74, 6) is -0.313. The third kappa shape index (κ3) is 5.05. The van der Waals surface area contributed by atoms with Gasteiger partial charge in [0.2, 0.25) is 5.91 Å². The first kappa shape index (κ1) is 11.7. The highest BCUT2D eigenvalue weighted by Crippen LogP contribution is 2.06. The van der Waals surface area contributed by atoms with Crippen LogP contribution in [0.15, 0.2) is 5.16 Å². The number of carbonyl (C=O) groups is 1. The minimum atomic E-state index is -0.243. The number of amides is 1. The van der Waals surface area contributed by atoms with Crippen LogP contribution in [-0.2, 0) is 4.79 Å². The summed E-state index contributed by atoms with van der Waals surface area (Å²) in [5, 5.41) is 13.7. The van der Waals surface area contributed by atoms with Crippen molar-refractivity contribution in [2.24, 2.45) is 10.9 Å². The van der Waals surface area contributed by atoms with Crippen molar-refractivity contribution in [2.45, 2.75) is 39.2 Å². The summed E-state index contributed by atoms with van der Waals surface area (Å²) in [7, 11) is 0. The van der Waals surface area contributed by atoms with E-state index in [-0.39, 0.29) is 23.7 Å². The zero-order valence-corrected chi connectivity index (χ0v) is 8.29. The zero-order chi connectivity index (χ0) is 10.5. The van der Waals surface area contributed by atoms with E-state index in [1.807, 2.05) is 20.8 Å². The molecule has 76 valence electrons. The first-order valence-electron chi connectivity index (χ1n) is 4.18. The highest BCUT2D eigenvalue weighted by Gasteiger charge is 2.18. The van der Waals surface area contributed by atoms with E-state index in [1.54, 1.807) is 0 Å². The average Bonchev–Trinajstić information content (AvgIpc) is 2.03. The van der Waals surface area contributed by atoms with Crippen LogP contribution < -0.4 is 11.1 Å². The minimum absolute atomic E-state index is 0.0695. The summed E-state index contributed by atoms with van der Waals surface area (Å²) in [6.45, 7) is 5.80. The Labute approximate surface area is 78.0 Å². The first-order valence-corrected chi connectivity index (χ1v) is 4.18. The maximum absolute atomic E-state index is 11.2. The normalized spacial score (nSPS) is 12.7. The molecule has 0 aromatic rings. The molecule has 13 heavy (non-hydrogen) atoms. The number of carbonyl (C=O) groups excluding carboxylic acids is 1. The lowest BCUT2D eigenvalue weighted by atomic mass is 10.0. The van der Waals surface area contributed by atoms with Gasteiger partial charge in [-0.25, -0.2) is 0 Å². The highest BCUT2D eigenvalue weighted by molar-refractivity contribution is 5.98. The van der Waals surface area contributed by atoms with E-state index in [1.165, 1.54) is 0 Å². The van der Waals surface area contributed by atoms with Crippen molar-refractivity contribution in [3.63, 3.8) is 0 Å². The number of hydrogen-bond donors (Lipinski definition) is 3. The predicted molar refractivity (Wildman–Crippen MR) is 50.5 cm³/mol. The molecule has 4 N–H and O–H groups in total. The van der Waals surface area contributed by atoms with Gasteiger partial charge in [-0.15, -0.1) is 0 Å². The molecule has 0 bridgehead atoms. The Kier molecular flexibility index (Phi) is 4.23. The molecule has 0 heterocycles. The maximum atomic E-state index is 11.2. The molecule has 5 nitrogen and oxygen atoms in total. The van der Waals surface area contributed by atoms with E-state index in [0.717, 1.165) is 6.42 Å². The molecule has 0 aromatic carbocycles. The number of hydrogen-bond acceptors (Lipinski definition) is 3. The van der Waals surface area contributed by atoms with Gasteiger partial charge in [0.25, 0.3) is 0 Å². The fourth-order valence-corrected chi connectivity index (χ4v) is 0.710. The molecule has 0 aliphatic heterocycles. The molecule has 0 aliphatic carbocycles. The van der Waals surface area contributed by atoms with Crippen LogP contribution in [0.25, 0.3) is 0 Å². The number of rotatable bonds is 4. The summed E-state index contributed by atoms with van der Waals surface area (Å²) in [5.41, 5.74) is 4.93. The van der Waals surface area contributed by atoms with Crippen molar-refractivity contribution in [1.29, 1.82) is 0 Å². The van der Waals surface area contributed by atoms with Crippen LogP contribution in [0.3, 0.4) is 0 Å². The van der Waals surface area contributed by atoms with Crippen molar-refractivity contribution >= 4 is 11.7 Å². The Morgan fingerprint density at radius 3 is 2.54 bits per heavy atom. The number of nitrogens with two attached hydrogens (primary N) is 1. The molecule has 1 amide bonds. The summed E-state index contributed by atoms with van der Waals surface area (Å²) >= 11 is 0. The number of nitrogens with one attached hydrogen (secondary N) is 1. The van der Waals surface area contributed by atoms with E-state index in [9.17, 15) is 4.79 Å². The molecule has 0 rings (SSSR count). The van der Waals surface area contributed by atoms with Crippen molar-refractivity contribution in [3.8, 4) is 0 Å². The van der Waals surface area contributed by atoms with Crippen LogP contribution in [0.1, 0.15) is 33.6 Å². The van der Waals surface area contributed by atoms with Gasteiger partial charge in [0, 0.05) is 5.54 Å². The molecule has 0 unspecified atom stereocenters. The third-order valence-corrected chi connectivity index (χ3v) is 1.83. The zero-order valence-electron chi connectivity index (χ0n) is 8.29. The molecule has 0 saturated carbocycles. The Balaban J connectivity index is 4.02. The second-order valence-corrected chi connectivity index (χ2v) is 3.55. The maximum Gasteiger partial charge on any atom is 0.228 e. The van der Waals surface area contributed by atoms with Crippen LogP contribution >= 0.6 is 0 Å². The summed E-state index contributed by atoms with van der Waals surface area (Å²) < 4.78 is 0. The van der Waals surface area contributed by atoms with Gasteiger partial charge >= 0.3 is 0 Å². The van der Waals surface area contributed by atoms with Crippen molar-refractivity contribution in [2.75, 3.05) is 0 Å². The van der Waals surface area contributed by atoms with Gasteiger partial charge in [-0.05, 0) is 20.3 Å². The molecule has 0 saturated heterocycles. The SMILES string of the molecule is CCC(C)(C)NC(=O)C/C(N)=N/O. The first-order chi connectivity index (χ1) is 5.91. The monoisotopic (exact) mass is 187 g/mol. The molecular formula is C8H17N3O2. The van der Waals surface area contributed by atoms with Gasteiger partial charge in [0.05, 0.1) is 6.42 Å². The largest absolute Gasteiger partial charge is 0.409 e. The fourth-order valence-electron chi connectivity index (χ4n) is 0.710. The average molecular weight is 187 g/mol. The van der Waals surface area contributed by atoms with Gasteiger partial charge < -0.3 is 16.3 Å². The molecule has 0 aromatic heterocycles. The Morgan fingerprint density at radius 2 is 2.15 bits per heavy atom. The van der Waals surface area contributed by atoms with Gasteiger partial charge in [-0.2, -0.15) is 0 Å².